The molecule has 49 heavy (non-hydrogen) atoms. The number of thiophene rings is 1. The van der Waals surface area contributed by atoms with Crippen molar-refractivity contribution in [3.05, 3.63) is 162 Å². The normalized spacial score (nSPS) is 13.9. The monoisotopic (exact) mass is 641 g/mol. The molecule has 2 aliphatic rings. The van der Waals surface area contributed by atoms with Crippen LogP contribution >= 0.6 is 11.3 Å². The zero-order chi connectivity index (χ0) is 31.8. The third kappa shape index (κ3) is 3.02. The summed E-state index contributed by atoms with van der Waals surface area (Å²) in [6, 6.07) is 45.7. The van der Waals surface area contributed by atoms with Crippen LogP contribution in [0, 0.1) is 0 Å². The zero-order valence-electron chi connectivity index (χ0n) is 25.9. The molecule has 0 amide bonds. The average molecular weight is 642 g/mol. The number of nitrogens with zero attached hydrogens (tertiary/aromatic N) is 5. The lowest BCUT2D eigenvalue weighted by molar-refractivity contribution is 0.779. The van der Waals surface area contributed by atoms with E-state index in [0.717, 1.165) is 49.3 Å². The van der Waals surface area contributed by atoms with Gasteiger partial charge in [0.25, 0.3) is 0 Å². The van der Waals surface area contributed by atoms with Gasteiger partial charge in [-0.25, -0.2) is 9.97 Å². The van der Waals surface area contributed by atoms with E-state index < -0.39 is 5.41 Å². The van der Waals surface area contributed by atoms with Crippen molar-refractivity contribution in [3.63, 3.8) is 0 Å². The number of pyridine rings is 2. The maximum absolute atomic E-state index is 5.44. The predicted octanol–water partition coefficient (Wildman–Crippen LogP) is 10.2. The van der Waals surface area contributed by atoms with Crippen molar-refractivity contribution >= 4 is 64.2 Å². The molecule has 226 valence electrons. The van der Waals surface area contributed by atoms with Gasteiger partial charge in [0, 0.05) is 38.8 Å². The molecule has 5 heterocycles. The summed E-state index contributed by atoms with van der Waals surface area (Å²) >= 11 is 1.76. The zero-order valence-corrected chi connectivity index (χ0v) is 26.7. The van der Waals surface area contributed by atoms with Crippen molar-refractivity contribution in [1.29, 1.82) is 0 Å². The van der Waals surface area contributed by atoms with E-state index in [2.05, 4.69) is 132 Å². The predicted molar refractivity (Wildman–Crippen MR) is 199 cm³/mol. The van der Waals surface area contributed by atoms with Crippen LogP contribution in [0.4, 0.5) is 0 Å². The van der Waals surface area contributed by atoms with Crippen LogP contribution in [-0.2, 0) is 5.41 Å². The van der Waals surface area contributed by atoms with Crippen LogP contribution in [0.25, 0.3) is 81.5 Å². The number of rotatable bonds is 2. The van der Waals surface area contributed by atoms with Crippen molar-refractivity contribution < 1.29 is 0 Å². The smallest absolute Gasteiger partial charge is 0.235 e. The lowest BCUT2D eigenvalue weighted by Crippen LogP contribution is -2.30. The molecule has 2 aliphatic carbocycles. The lowest BCUT2D eigenvalue weighted by atomic mass is 9.63. The van der Waals surface area contributed by atoms with Gasteiger partial charge < -0.3 is 0 Å². The van der Waals surface area contributed by atoms with E-state index >= 15 is 0 Å². The second-order valence-corrected chi connectivity index (χ2v) is 14.0. The van der Waals surface area contributed by atoms with Crippen LogP contribution in [0.2, 0.25) is 0 Å². The molecule has 5 aromatic carbocycles. The minimum atomic E-state index is -0.566. The Morgan fingerprint density at radius 3 is 2.02 bits per heavy atom. The standard InChI is InChI=1S/C43H23N5S/c1-2-10-25(11-3-1)37-41-38(26-13-4-5-19-33(26)49-41)47-42(46-37)48-31-18-7-15-28-35(31)36-32(48)21-20-24-12-6-14-27(34(24)36)43(28)29-16-8-22-44-39(29)40-30(43)17-9-23-45-40/h1-23H. The first kappa shape index (κ1) is 25.8. The summed E-state index contributed by atoms with van der Waals surface area (Å²) in [5.74, 6) is 0.676. The van der Waals surface area contributed by atoms with E-state index in [-0.39, 0.29) is 0 Å². The fourth-order valence-electron chi connectivity index (χ4n) is 8.90. The Morgan fingerprint density at radius 1 is 0.510 bits per heavy atom. The van der Waals surface area contributed by atoms with Gasteiger partial charge in [-0.15, -0.1) is 11.3 Å². The summed E-state index contributed by atoms with van der Waals surface area (Å²) in [4.78, 5) is 20.7. The average Bonchev–Trinajstić information content (AvgIpc) is 3.81. The highest BCUT2D eigenvalue weighted by Gasteiger charge is 2.51. The van der Waals surface area contributed by atoms with Crippen molar-refractivity contribution in [2.45, 2.75) is 5.41 Å². The minimum Gasteiger partial charge on any atom is -0.278 e. The molecule has 0 bridgehead atoms. The Bertz CT molecular complexity index is 3020. The van der Waals surface area contributed by atoms with Crippen molar-refractivity contribution in [3.8, 4) is 28.6 Å². The van der Waals surface area contributed by atoms with Gasteiger partial charge in [0.2, 0.25) is 5.95 Å². The maximum Gasteiger partial charge on any atom is 0.235 e. The third-order valence-electron chi connectivity index (χ3n) is 10.7. The van der Waals surface area contributed by atoms with Gasteiger partial charge in [-0.1, -0.05) is 97.1 Å². The van der Waals surface area contributed by atoms with E-state index in [0.29, 0.717) is 5.95 Å². The highest BCUT2D eigenvalue weighted by atomic mass is 32.1. The minimum absolute atomic E-state index is 0.566. The van der Waals surface area contributed by atoms with Gasteiger partial charge in [0.15, 0.2) is 0 Å². The number of benzene rings is 5. The molecule has 0 aliphatic heterocycles. The van der Waals surface area contributed by atoms with Gasteiger partial charge in [0.05, 0.1) is 43.7 Å². The number of aromatic nitrogens is 5. The van der Waals surface area contributed by atoms with E-state index in [1.165, 1.54) is 48.5 Å². The highest BCUT2D eigenvalue weighted by molar-refractivity contribution is 7.26. The van der Waals surface area contributed by atoms with Gasteiger partial charge in [-0.2, -0.15) is 0 Å². The van der Waals surface area contributed by atoms with E-state index in [1.54, 1.807) is 11.3 Å². The molecule has 6 heteroatoms. The summed E-state index contributed by atoms with van der Waals surface area (Å²) in [7, 11) is 0. The molecule has 0 unspecified atom stereocenters. The van der Waals surface area contributed by atoms with Gasteiger partial charge in [-0.3, -0.25) is 14.5 Å². The summed E-state index contributed by atoms with van der Waals surface area (Å²) in [5.41, 5.74) is 11.4. The molecule has 5 nitrogen and oxygen atoms in total. The molecule has 0 atom stereocenters. The van der Waals surface area contributed by atoms with Crippen molar-refractivity contribution in [2.24, 2.45) is 0 Å². The van der Waals surface area contributed by atoms with Crippen molar-refractivity contribution in [2.75, 3.05) is 0 Å². The molecule has 0 fully saturated rings. The molecule has 0 saturated heterocycles. The number of hydrogen-bond donors (Lipinski definition) is 0. The third-order valence-corrected chi connectivity index (χ3v) is 11.9. The van der Waals surface area contributed by atoms with Crippen LogP contribution in [0.5, 0.6) is 0 Å². The summed E-state index contributed by atoms with van der Waals surface area (Å²) in [5, 5.41) is 6.10. The van der Waals surface area contributed by atoms with E-state index in [4.69, 9.17) is 19.9 Å². The molecule has 0 saturated carbocycles. The SMILES string of the molecule is c1ccc(-c2nc(-n3c4cccc5c4c4c6c(cccc6ccc43)C53c4cccnc4-c4ncccc43)nc3c2sc2ccccc23)cc1. The topological polar surface area (TPSA) is 56.5 Å². The van der Waals surface area contributed by atoms with Crippen molar-refractivity contribution in [1.82, 2.24) is 24.5 Å². The number of hydrogen-bond acceptors (Lipinski definition) is 5. The first-order valence-electron chi connectivity index (χ1n) is 16.5. The molecule has 5 aromatic heterocycles. The molecular formula is C43H23N5S. The Kier molecular flexibility index (Phi) is 4.74. The van der Waals surface area contributed by atoms with Gasteiger partial charge >= 0.3 is 0 Å². The second kappa shape index (κ2) is 9.01. The highest BCUT2D eigenvalue weighted by Crippen LogP contribution is 2.61. The lowest BCUT2D eigenvalue weighted by Gasteiger charge is -2.37. The Morgan fingerprint density at radius 2 is 1.20 bits per heavy atom. The van der Waals surface area contributed by atoms with Gasteiger partial charge in [-0.05, 0) is 63.4 Å². The largest absolute Gasteiger partial charge is 0.278 e. The molecule has 1 spiro atoms. The molecule has 0 N–H and O–H groups in total. The van der Waals surface area contributed by atoms with Crippen LogP contribution in [-0.4, -0.2) is 24.5 Å². The molecular weight excluding hydrogens is 619 g/mol. The Balaban J connectivity index is 1.28. The van der Waals surface area contributed by atoms with Crippen LogP contribution in [0.1, 0.15) is 22.3 Å². The first-order chi connectivity index (χ1) is 24.3. The molecule has 12 rings (SSSR count). The quantitative estimate of drug-likeness (QED) is 0.189. The maximum atomic E-state index is 5.44. The van der Waals surface area contributed by atoms with E-state index in [1.807, 2.05) is 12.4 Å². The molecule has 0 radical (unpaired) electrons. The van der Waals surface area contributed by atoms with Gasteiger partial charge in [0.1, 0.15) is 0 Å². The number of fused-ring (bicyclic) bond motifs is 10. The Labute approximate surface area is 283 Å². The summed E-state index contributed by atoms with van der Waals surface area (Å²) in [6.45, 7) is 0. The van der Waals surface area contributed by atoms with E-state index in [9.17, 15) is 0 Å². The Hall–Kier alpha value is -6.24. The summed E-state index contributed by atoms with van der Waals surface area (Å²) in [6.07, 6.45) is 3.77. The van der Waals surface area contributed by atoms with Crippen LogP contribution < -0.4 is 0 Å². The fourth-order valence-corrected chi connectivity index (χ4v) is 10.1. The fraction of sp³-hybridized carbons (Fsp3) is 0.0233. The second-order valence-electron chi connectivity index (χ2n) is 13.0. The van der Waals surface area contributed by atoms with Crippen LogP contribution in [0.3, 0.4) is 0 Å². The first-order valence-corrected chi connectivity index (χ1v) is 17.3. The summed E-state index contributed by atoms with van der Waals surface area (Å²) < 4.78 is 4.61. The molecule has 10 aromatic rings. The van der Waals surface area contributed by atoms with Crippen LogP contribution in [0.15, 0.2) is 140 Å².